The van der Waals surface area contributed by atoms with E-state index in [4.69, 9.17) is 24.3 Å². The average Bonchev–Trinajstić information content (AvgIpc) is 3.08. The summed E-state index contributed by atoms with van der Waals surface area (Å²) in [4.78, 5) is 28.1. The highest BCUT2D eigenvalue weighted by Crippen LogP contribution is 2.48. The highest BCUT2D eigenvalue weighted by Gasteiger charge is 2.57. The van der Waals surface area contributed by atoms with Crippen LogP contribution < -0.4 is 21.0 Å². The monoisotopic (exact) mass is 606 g/mol. The second-order valence-corrected chi connectivity index (χ2v) is 10.9. The van der Waals surface area contributed by atoms with Crippen LogP contribution in [0, 0.1) is 0 Å². The van der Waals surface area contributed by atoms with Gasteiger partial charge in [-0.2, -0.15) is 10.1 Å². The number of alkyl halides is 2. The zero-order chi connectivity index (χ0) is 27.4. The molecule has 6 atom stereocenters. The number of carbonyl (C=O) groups is 1. The van der Waals surface area contributed by atoms with Gasteiger partial charge >= 0.3 is 19.4 Å². The number of aromatic nitrogens is 2. The van der Waals surface area contributed by atoms with Crippen molar-refractivity contribution in [3.63, 3.8) is 0 Å². The molecule has 0 amide bonds. The molecule has 2 heterocycles. The Morgan fingerprint density at radius 2 is 2.03 bits per heavy atom. The standard InChI is InChI=1S/C22H29BrFN4O8P/c1-13(2)34-20(30)14(3)27-37(32,36-15-7-5-4-6-8-15)33-12-22(11-23)18(29)17(24)19(35-22)28-10-9-16(25)26-21(28)31/h4-10,13-14,17-19,29H,11-12H2,1-3H3,(H,27,32)(H2,25,26,31)/t14-,17-,18-,19+,22+,37?/m0/s1. The number of carbonyl (C=O) groups excluding carboxylic acids is 1. The van der Waals surface area contributed by atoms with Gasteiger partial charge in [0.1, 0.15) is 29.3 Å². The zero-order valence-electron chi connectivity index (χ0n) is 20.3. The summed E-state index contributed by atoms with van der Waals surface area (Å²) in [6.07, 6.45) is -4.69. The van der Waals surface area contributed by atoms with Gasteiger partial charge in [-0.15, -0.1) is 0 Å². The Morgan fingerprint density at radius 3 is 2.62 bits per heavy atom. The number of para-hydroxylation sites is 1. The second-order valence-electron chi connectivity index (χ2n) is 8.65. The number of hydrogen-bond donors (Lipinski definition) is 3. The number of aliphatic hydroxyl groups is 1. The number of nitrogen functional groups attached to an aromatic ring is 1. The number of rotatable bonds is 11. The molecule has 2 aromatic rings. The molecule has 1 aromatic heterocycles. The molecular formula is C22H29BrFN4O8P. The first kappa shape index (κ1) is 29.2. The summed E-state index contributed by atoms with van der Waals surface area (Å²) in [7, 11) is -4.34. The number of aliphatic hydroxyl groups excluding tert-OH is 1. The van der Waals surface area contributed by atoms with Crippen molar-refractivity contribution >= 4 is 35.5 Å². The summed E-state index contributed by atoms with van der Waals surface area (Å²) < 4.78 is 51.9. The summed E-state index contributed by atoms with van der Waals surface area (Å²) in [5.74, 6) is -0.619. The average molecular weight is 607 g/mol. The van der Waals surface area contributed by atoms with Gasteiger partial charge in [-0.3, -0.25) is 13.9 Å². The first-order chi connectivity index (χ1) is 17.4. The molecule has 1 aromatic carbocycles. The van der Waals surface area contributed by atoms with Crippen molar-refractivity contribution in [1.29, 1.82) is 0 Å². The third kappa shape index (κ3) is 6.95. The van der Waals surface area contributed by atoms with Gasteiger partial charge in [-0.25, -0.2) is 13.8 Å². The third-order valence-corrected chi connectivity index (χ3v) is 7.90. The molecule has 0 spiro atoms. The van der Waals surface area contributed by atoms with Gasteiger partial charge in [0, 0.05) is 11.5 Å². The summed E-state index contributed by atoms with van der Waals surface area (Å²) in [6, 6.07) is 8.18. The summed E-state index contributed by atoms with van der Waals surface area (Å²) in [5, 5.41) is 13.1. The molecule has 204 valence electrons. The normalized spacial score (nSPS) is 26.0. The van der Waals surface area contributed by atoms with Crippen molar-refractivity contribution in [3.05, 3.63) is 53.1 Å². The van der Waals surface area contributed by atoms with Gasteiger partial charge in [-0.05, 0) is 39.0 Å². The Labute approximate surface area is 221 Å². The summed E-state index contributed by atoms with van der Waals surface area (Å²) >= 11 is 3.19. The molecule has 37 heavy (non-hydrogen) atoms. The number of ether oxygens (including phenoxy) is 2. The minimum absolute atomic E-state index is 0.0690. The fourth-order valence-electron chi connectivity index (χ4n) is 3.45. The molecule has 3 rings (SSSR count). The Bertz CT molecular complexity index is 1190. The predicted molar refractivity (Wildman–Crippen MR) is 135 cm³/mol. The minimum Gasteiger partial charge on any atom is -0.462 e. The van der Waals surface area contributed by atoms with Gasteiger partial charge in [0.05, 0.1) is 12.7 Å². The maximum atomic E-state index is 15.2. The molecule has 1 unspecified atom stereocenters. The Kier molecular flexibility index (Phi) is 9.48. The van der Waals surface area contributed by atoms with Crippen LogP contribution in [0.25, 0.3) is 0 Å². The van der Waals surface area contributed by atoms with Crippen molar-refractivity contribution in [2.24, 2.45) is 0 Å². The van der Waals surface area contributed by atoms with E-state index >= 15 is 4.39 Å². The van der Waals surface area contributed by atoms with Crippen LogP contribution in [-0.4, -0.2) is 62.6 Å². The highest BCUT2D eigenvalue weighted by atomic mass is 79.9. The van der Waals surface area contributed by atoms with Gasteiger partial charge in [0.25, 0.3) is 0 Å². The number of anilines is 1. The lowest BCUT2D eigenvalue weighted by Crippen LogP contribution is -2.48. The SMILES string of the molecule is CC(C)OC(=O)[C@H](C)NP(=O)(OC[C@@]1(CBr)O[C@@H](n2ccc(N)nc2=O)[C@@H](F)[C@@H]1O)Oc1ccccc1. The third-order valence-electron chi connectivity index (χ3n) is 5.33. The fourth-order valence-corrected chi connectivity index (χ4v) is 5.62. The molecule has 0 saturated carbocycles. The van der Waals surface area contributed by atoms with Crippen LogP contribution >= 0.6 is 23.7 Å². The number of nitrogens with one attached hydrogen (secondary N) is 1. The summed E-state index contributed by atoms with van der Waals surface area (Å²) in [5.41, 5.74) is 2.81. The molecule has 0 aliphatic carbocycles. The van der Waals surface area contributed by atoms with Crippen LogP contribution in [0.5, 0.6) is 5.75 Å². The molecule has 1 aliphatic heterocycles. The van der Waals surface area contributed by atoms with E-state index in [9.17, 15) is 19.3 Å². The van der Waals surface area contributed by atoms with Crippen LogP contribution in [0.3, 0.4) is 0 Å². The van der Waals surface area contributed by atoms with Gasteiger partial charge in [0.15, 0.2) is 12.4 Å². The van der Waals surface area contributed by atoms with E-state index in [0.29, 0.717) is 0 Å². The van der Waals surface area contributed by atoms with Crippen LogP contribution in [0.15, 0.2) is 47.4 Å². The quantitative estimate of drug-likeness (QED) is 0.195. The zero-order valence-corrected chi connectivity index (χ0v) is 22.8. The van der Waals surface area contributed by atoms with Gasteiger partial charge < -0.3 is 24.8 Å². The molecule has 1 saturated heterocycles. The first-order valence-corrected chi connectivity index (χ1v) is 13.9. The lowest BCUT2D eigenvalue weighted by molar-refractivity contribution is -0.149. The van der Waals surface area contributed by atoms with Gasteiger partial charge in [0.2, 0.25) is 0 Å². The van der Waals surface area contributed by atoms with Crippen LogP contribution in [-0.2, 0) is 23.4 Å². The van der Waals surface area contributed by atoms with E-state index in [1.54, 1.807) is 32.0 Å². The van der Waals surface area contributed by atoms with Crippen molar-refractivity contribution in [2.75, 3.05) is 17.7 Å². The van der Waals surface area contributed by atoms with Crippen LogP contribution in [0.1, 0.15) is 27.0 Å². The van der Waals surface area contributed by atoms with Crippen LogP contribution in [0.4, 0.5) is 10.2 Å². The molecule has 0 radical (unpaired) electrons. The molecule has 12 nitrogen and oxygen atoms in total. The second kappa shape index (κ2) is 12.0. The topological polar surface area (TPSA) is 164 Å². The summed E-state index contributed by atoms with van der Waals surface area (Å²) in [6.45, 7) is 4.07. The molecule has 1 aliphatic rings. The van der Waals surface area contributed by atoms with Gasteiger partial charge in [-0.1, -0.05) is 34.1 Å². The number of nitrogens with zero attached hydrogens (tertiary/aromatic N) is 2. The van der Waals surface area contributed by atoms with Crippen molar-refractivity contribution < 1.29 is 37.4 Å². The van der Waals surface area contributed by atoms with E-state index in [-0.39, 0.29) is 16.9 Å². The lowest BCUT2D eigenvalue weighted by atomic mass is 9.99. The number of benzene rings is 1. The maximum absolute atomic E-state index is 15.2. The maximum Gasteiger partial charge on any atom is 0.459 e. The smallest absolute Gasteiger partial charge is 0.459 e. The Hall–Kier alpha value is -2.35. The van der Waals surface area contributed by atoms with E-state index < -0.39 is 62.3 Å². The molecular weight excluding hydrogens is 578 g/mol. The Balaban J connectivity index is 1.85. The number of halogens is 2. The minimum atomic E-state index is -4.34. The van der Waals surface area contributed by atoms with Crippen molar-refractivity contribution in [3.8, 4) is 5.75 Å². The molecule has 1 fully saturated rings. The lowest BCUT2D eigenvalue weighted by Gasteiger charge is -2.31. The van der Waals surface area contributed by atoms with E-state index in [1.807, 2.05) is 0 Å². The number of nitrogens with two attached hydrogens (primary N) is 1. The van der Waals surface area contributed by atoms with E-state index in [2.05, 4.69) is 26.0 Å². The number of esters is 1. The van der Waals surface area contributed by atoms with Crippen molar-refractivity contribution in [1.82, 2.24) is 14.6 Å². The van der Waals surface area contributed by atoms with E-state index in [1.165, 1.54) is 31.3 Å². The molecule has 15 heteroatoms. The number of hydrogen-bond acceptors (Lipinski definition) is 10. The van der Waals surface area contributed by atoms with Crippen LogP contribution in [0.2, 0.25) is 0 Å². The van der Waals surface area contributed by atoms with E-state index in [0.717, 1.165) is 4.57 Å². The fraction of sp³-hybridized carbons (Fsp3) is 0.500. The van der Waals surface area contributed by atoms with Crippen molar-refractivity contribution in [2.45, 2.75) is 57.0 Å². The molecule has 0 bridgehead atoms. The Morgan fingerprint density at radius 1 is 1.35 bits per heavy atom. The highest BCUT2D eigenvalue weighted by molar-refractivity contribution is 9.09. The largest absolute Gasteiger partial charge is 0.462 e. The predicted octanol–water partition coefficient (Wildman–Crippen LogP) is 2.32. The first-order valence-electron chi connectivity index (χ1n) is 11.3. The molecule has 4 N–H and O–H groups in total.